The molecule has 0 amide bonds. The normalized spacial score (nSPS) is 11.4. The van der Waals surface area contributed by atoms with Gasteiger partial charge in [-0.2, -0.15) is 0 Å². The maximum Gasteiger partial charge on any atom is 0.299 e. The molecule has 0 bridgehead atoms. The molecule has 1 heterocycles. The highest BCUT2D eigenvalue weighted by Gasteiger charge is 2.16. The molecule has 0 spiro atoms. The van der Waals surface area contributed by atoms with Gasteiger partial charge < -0.3 is 14.5 Å². The minimum absolute atomic E-state index is 0.0408. The molecule has 0 saturated carbocycles. The van der Waals surface area contributed by atoms with Gasteiger partial charge in [0.1, 0.15) is 5.75 Å². The fraction of sp³-hybridized carbons (Fsp3) is 0.167. The van der Waals surface area contributed by atoms with Gasteiger partial charge in [-0.25, -0.2) is 22.2 Å². The second kappa shape index (κ2) is 7.36. The van der Waals surface area contributed by atoms with Crippen molar-refractivity contribution in [3.63, 3.8) is 0 Å². The van der Waals surface area contributed by atoms with Crippen LogP contribution in [0.3, 0.4) is 0 Å². The van der Waals surface area contributed by atoms with Gasteiger partial charge in [-0.1, -0.05) is 6.92 Å². The quantitative estimate of drug-likeness (QED) is 0.676. The zero-order valence-electron chi connectivity index (χ0n) is 14.5. The number of aromatic nitrogens is 1. The van der Waals surface area contributed by atoms with Gasteiger partial charge in [0.05, 0.1) is 29.6 Å². The number of oxazole rings is 1. The van der Waals surface area contributed by atoms with Gasteiger partial charge in [0.25, 0.3) is 6.01 Å². The summed E-state index contributed by atoms with van der Waals surface area (Å²) in [5.41, 5.74) is 0.648. The number of hydrogen-bond donors (Lipinski definition) is 1. The molecule has 9 heteroatoms. The van der Waals surface area contributed by atoms with E-state index in [1.165, 1.54) is 37.6 Å². The fourth-order valence-electron chi connectivity index (χ4n) is 2.37. The van der Waals surface area contributed by atoms with E-state index in [1.807, 2.05) is 0 Å². The zero-order valence-corrected chi connectivity index (χ0v) is 15.3. The second-order valence-corrected chi connectivity index (χ2v) is 7.83. The van der Waals surface area contributed by atoms with Crippen molar-refractivity contribution < 1.29 is 26.4 Å². The highest BCUT2D eigenvalue weighted by atomic mass is 32.2. The van der Waals surface area contributed by atoms with Crippen LogP contribution >= 0.6 is 0 Å². The number of halogens is 2. The van der Waals surface area contributed by atoms with Crippen LogP contribution in [0.2, 0.25) is 0 Å². The van der Waals surface area contributed by atoms with Gasteiger partial charge in [-0.3, -0.25) is 0 Å². The third-order valence-corrected chi connectivity index (χ3v) is 5.59. The number of anilines is 2. The number of sulfone groups is 1. The number of benzene rings is 2. The predicted octanol–water partition coefficient (Wildman–Crippen LogP) is 4.17. The number of methoxy groups -OCH3 is 1. The van der Waals surface area contributed by atoms with Crippen LogP contribution in [0.5, 0.6) is 5.75 Å². The fourth-order valence-corrected chi connectivity index (χ4v) is 3.28. The lowest BCUT2D eigenvalue weighted by Gasteiger charge is -2.10. The molecule has 0 aliphatic carbocycles. The molecule has 0 fully saturated rings. The van der Waals surface area contributed by atoms with Crippen molar-refractivity contribution in [3.05, 3.63) is 54.2 Å². The lowest BCUT2D eigenvalue weighted by atomic mass is 10.2. The zero-order chi connectivity index (χ0) is 19.6. The standard InChI is InChI=1S/C18H16F2N2O4S/c1-3-27(23,24)12-5-7-16(25-2)15(9-12)22-18-21-10-17(26-18)11-4-6-13(19)14(20)8-11/h4-10H,3H2,1-2H3,(H,21,22). The van der Waals surface area contributed by atoms with Crippen LogP contribution in [0, 0.1) is 11.6 Å². The van der Waals surface area contributed by atoms with Gasteiger partial charge in [0, 0.05) is 5.56 Å². The minimum atomic E-state index is -3.41. The third-order valence-electron chi connectivity index (χ3n) is 3.86. The maximum atomic E-state index is 13.4. The Morgan fingerprint density at radius 3 is 2.59 bits per heavy atom. The summed E-state index contributed by atoms with van der Waals surface area (Å²) in [5.74, 6) is -1.41. The number of rotatable bonds is 6. The minimum Gasteiger partial charge on any atom is -0.495 e. The molecule has 0 atom stereocenters. The first kappa shape index (κ1) is 18.8. The van der Waals surface area contributed by atoms with E-state index in [9.17, 15) is 17.2 Å². The van der Waals surface area contributed by atoms with Crippen molar-refractivity contribution in [1.82, 2.24) is 4.98 Å². The highest BCUT2D eigenvalue weighted by molar-refractivity contribution is 7.91. The molecule has 27 heavy (non-hydrogen) atoms. The summed E-state index contributed by atoms with van der Waals surface area (Å²) in [6.07, 6.45) is 1.34. The van der Waals surface area contributed by atoms with Crippen molar-refractivity contribution in [3.8, 4) is 17.1 Å². The molecule has 0 aliphatic heterocycles. The summed E-state index contributed by atoms with van der Waals surface area (Å²) in [4.78, 5) is 4.15. The molecular weight excluding hydrogens is 378 g/mol. The first-order valence-corrected chi connectivity index (χ1v) is 9.58. The number of hydrogen-bond acceptors (Lipinski definition) is 6. The Balaban J connectivity index is 1.92. The average molecular weight is 394 g/mol. The van der Waals surface area contributed by atoms with E-state index in [-0.39, 0.29) is 22.4 Å². The molecule has 0 aliphatic rings. The second-order valence-electron chi connectivity index (χ2n) is 5.55. The lowest BCUT2D eigenvalue weighted by Crippen LogP contribution is -2.05. The third kappa shape index (κ3) is 3.92. The molecule has 6 nitrogen and oxygen atoms in total. The predicted molar refractivity (Wildman–Crippen MR) is 95.9 cm³/mol. The van der Waals surface area contributed by atoms with E-state index in [1.54, 1.807) is 6.92 Å². The van der Waals surface area contributed by atoms with Crippen LogP contribution in [0.4, 0.5) is 20.5 Å². The van der Waals surface area contributed by atoms with Gasteiger partial charge in [0.2, 0.25) is 0 Å². The van der Waals surface area contributed by atoms with E-state index in [2.05, 4.69) is 10.3 Å². The molecular formula is C18H16F2N2O4S. The van der Waals surface area contributed by atoms with Crippen molar-refractivity contribution in [1.29, 1.82) is 0 Å². The van der Waals surface area contributed by atoms with Gasteiger partial charge in [-0.15, -0.1) is 0 Å². The topological polar surface area (TPSA) is 81.4 Å². The molecule has 1 N–H and O–H groups in total. The van der Waals surface area contributed by atoms with Gasteiger partial charge in [0.15, 0.2) is 27.2 Å². The Kier molecular flexibility index (Phi) is 5.13. The summed E-state index contributed by atoms with van der Waals surface area (Å²) >= 11 is 0. The number of nitrogens with one attached hydrogen (secondary N) is 1. The van der Waals surface area contributed by atoms with Crippen LogP contribution in [-0.4, -0.2) is 26.3 Å². The summed E-state index contributed by atoms with van der Waals surface area (Å²) in [7, 11) is -1.97. The van der Waals surface area contributed by atoms with Crippen molar-refractivity contribution in [2.24, 2.45) is 0 Å². The Morgan fingerprint density at radius 2 is 1.93 bits per heavy atom. The van der Waals surface area contributed by atoms with E-state index in [0.29, 0.717) is 17.0 Å². The van der Waals surface area contributed by atoms with Crippen molar-refractivity contribution in [2.45, 2.75) is 11.8 Å². The molecule has 0 saturated heterocycles. The van der Waals surface area contributed by atoms with Gasteiger partial charge in [-0.05, 0) is 36.4 Å². The Hall–Kier alpha value is -2.94. The van der Waals surface area contributed by atoms with Crippen LogP contribution in [-0.2, 0) is 9.84 Å². The molecule has 142 valence electrons. The Morgan fingerprint density at radius 1 is 1.15 bits per heavy atom. The maximum absolute atomic E-state index is 13.4. The summed E-state index contributed by atoms with van der Waals surface area (Å²) < 4.78 is 61.3. The van der Waals surface area contributed by atoms with Crippen molar-refractivity contribution >= 4 is 21.5 Å². The first-order chi connectivity index (χ1) is 12.8. The Labute approximate surface area is 154 Å². The monoisotopic (exact) mass is 394 g/mol. The van der Waals surface area contributed by atoms with Gasteiger partial charge >= 0.3 is 0 Å². The number of nitrogens with zero attached hydrogens (tertiary/aromatic N) is 1. The average Bonchev–Trinajstić information content (AvgIpc) is 3.12. The Bertz CT molecular complexity index is 1080. The lowest BCUT2D eigenvalue weighted by molar-refractivity contribution is 0.416. The van der Waals surface area contributed by atoms with Crippen molar-refractivity contribution in [2.75, 3.05) is 18.2 Å². The van der Waals surface area contributed by atoms with E-state index >= 15 is 0 Å². The molecule has 2 aromatic carbocycles. The largest absolute Gasteiger partial charge is 0.495 e. The van der Waals surface area contributed by atoms with Crippen LogP contribution in [0.1, 0.15) is 6.92 Å². The molecule has 1 aromatic heterocycles. The van der Waals surface area contributed by atoms with E-state index in [4.69, 9.17) is 9.15 Å². The summed E-state index contributed by atoms with van der Waals surface area (Å²) in [6.45, 7) is 1.55. The van der Waals surface area contributed by atoms with E-state index in [0.717, 1.165) is 12.1 Å². The first-order valence-electron chi connectivity index (χ1n) is 7.93. The highest BCUT2D eigenvalue weighted by Crippen LogP contribution is 2.32. The van der Waals surface area contributed by atoms with Crippen LogP contribution < -0.4 is 10.1 Å². The molecule has 3 aromatic rings. The van der Waals surface area contributed by atoms with E-state index < -0.39 is 21.5 Å². The molecule has 0 radical (unpaired) electrons. The summed E-state index contributed by atoms with van der Waals surface area (Å²) in [5, 5.41) is 2.84. The van der Waals surface area contributed by atoms with Crippen LogP contribution in [0.15, 0.2) is 51.9 Å². The SMILES string of the molecule is CCS(=O)(=O)c1ccc(OC)c(Nc2ncc(-c3ccc(F)c(F)c3)o2)c1. The van der Waals surface area contributed by atoms with Crippen LogP contribution in [0.25, 0.3) is 11.3 Å². The smallest absolute Gasteiger partial charge is 0.299 e. The molecule has 3 rings (SSSR count). The summed E-state index contributed by atoms with van der Waals surface area (Å²) in [6, 6.07) is 7.77. The number of ether oxygens (including phenoxy) is 1. The molecule has 0 unspecified atom stereocenters.